The number of anilines is 2. The third kappa shape index (κ3) is 4.07. The van der Waals surface area contributed by atoms with E-state index in [2.05, 4.69) is 5.32 Å². The maximum absolute atomic E-state index is 13.3. The molecule has 0 amide bonds. The Kier molecular flexibility index (Phi) is 5.44. The quantitative estimate of drug-likeness (QED) is 0.707. The highest BCUT2D eigenvalue weighted by atomic mass is 19.4. The van der Waals surface area contributed by atoms with Crippen LogP contribution in [0, 0.1) is 0 Å². The lowest BCUT2D eigenvalue weighted by Gasteiger charge is -2.27. The topological polar surface area (TPSA) is 37.3 Å². The standard InChI is InChI=1S/C20H17F6N3O/c1-27-17-16(10-15(20(24,25)26)18(30)28(17)2)29-9-3-4-13(11-29)12-5-7-14(8-6-12)19(21,22)23/h3-8,10-11,27H,9H2,1-2H3. The number of alkyl halides is 6. The summed E-state index contributed by atoms with van der Waals surface area (Å²) in [6.45, 7) is 0.217. The molecule has 3 rings (SSSR count). The third-order valence-corrected chi connectivity index (χ3v) is 4.69. The molecule has 0 saturated heterocycles. The van der Waals surface area contributed by atoms with Crippen molar-refractivity contribution >= 4 is 17.1 Å². The molecule has 0 unspecified atom stereocenters. The molecule has 0 radical (unpaired) electrons. The molecule has 1 aliphatic rings. The molecule has 0 saturated carbocycles. The van der Waals surface area contributed by atoms with Crippen LogP contribution in [0.4, 0.5) is 37.8 Å². The number of aromatic nitrogens is 1. The van der Waals surface area contributed by atoms with Crippen molar-refractivity contribution < 1.29 is 26.3 Å². The van der Waals surface area contributed by atoms with E-state index in [1.54, 1.807) is 12.2 Å². The molecule has 160 valence electrons. The summed E-state index contributed by atoms with van der Waals surface area (Å²) in [5.74, 6) is 0.173. The zero-order valence-corrected chi connectivity index (χ0v) is 15.9. The maximum atomic E-state index is 13.3. The summed E-state index contributed by atoms with van der Waals surface area (Å²) < 4.78 is 79.1. The van der Waals surface area contributed by atoms with Gasteiger partial charge in [0.2, 0.25) is 0 Å². The van der Waals surface area contributed by atoms with Crippen molar-refractivity contribution in [1.29, 1.82) is 0 Å². The highest BCUT2D eigenvalue weighted by molar-refractivity contribution is 5.80. The van der Waals surface area contributed by atoms with E-state index >= 15 is 0 Å². The highest BCUT2D eigenvalue weighted by Crippen LogP contribution is 2.35. The molecule has 1 N–H and O–H groups in total. The molecule has 1 aliphatic heterocycles. The first-order valence-electron chi connectivity index (χ1n) is 8.75. The van der Waals surface area contributed by atoms with Gasteiger partial charge in [0, 0.05) is 26.8 Å². The summed E-state index contributed by atoms with van der Waals surface area (Å²) >= 11 is 0. The van der Waals surface area contributed by atoms with Crippen LogP contribution in [0.1, 0.15) is 16.7 Å². The SMILES string of the molecule is CNc1c(N2C=C(c3ccc(C(F)(F)F)cc3)C=CC2)cc(C(F)(F)F)c(=O)n1C. The number of nitrogens with one attached hydrogen (secondary N) is 1. The average molecular weight is 429 g/mol. The largest absolute Gasteiger partial charge is 0.421 e. The lowest BCUT2D eigenvalue weighted by Crippen LogP contribution is -2.31. The molecule has 0 bridgehead atoms. The third-order valence-electron chi connectivity index (χ3n) is 4.69. The Labute approximate surface area is 167 Å². The van der Waals surface area contributed by atoms with E-state index in [0.717, 1.165) is 22.8 Å². The Hall–Kier alpha value is -3.17. The molecule has 30 heavy (non-hydrogen) atoms. The number of pyridine rings is 1. The van der Waals surface area contributed by atoms with Gasteiger partial charge in [-0.25, -0.2) is 0 Å². The van der Waals surface area contributed by atoms with Gasteiger partial charge in [-0.1, -0.05) is 24.3 Å². The summed E-state index contributed by atoms with van der Waals surface area (Å²) in [5.41, 5.74) is -2.20. The fraction of sp³-hybridized carbons (Fsp3) is 0.250. The fourth-order valence-electron chi connectivity index (χ4n) is 3.19. The summed E-state index contributed by atoms with van der Waals surface area (Å²) in [6.07, 6.45) is -4.42. The first-order valence-corrected chi connectivity index (χ1v) is 8.75. The average Bonchev–Trinajstić information content (AvgIpc) is 2.68. The van der Waals surface area contributed by atoms with Gasteiger partial charge in [0.05, 0.1) is 11.3 Å². The molecule has 0 spiro atoms. The Balaban J connectivity index is 2.07. The lowest BCUT2D eigenvalue weighted by molar-refractivity contribution is -0.139. The first kappa shape index (κ1) is 21.5. The van der Waals surface area contributed by atoms with Crippen LogP contribution >= 0.6 is 0 Å². The molecule has 4 nitrogen and oxygen atoms in total. The van der Waals surface area contributed by atoms with Crippen LogP contribution in [-0.2, 0) is 19.4 Å². The molecule has 0 aliphatic carbocycles. The number of halogens is 6. The van der Waals surface area contributed by atoms with E-state index in [4.69, 9.17) is 0 Å². The second kappa shape index (κ2) is 7.58. The van der Waals surface area contributed by atoms with Crippen molar-refractivity contribution in [2.45, 2.75) is 12.4 Å². The molecular weight excluding hydrogens is 412 g/mol. The second-order valence-electron chi connectivity index (χ2n) is 6.62. The Morgan fingerprint density at radius 2 is 1.63 bits per heavy atom. The molecule has 1 aromatic heterocycles. The maximum Gasteiger partial charge on any atom is 0.421 e. The Morgan fingerprint density at radius 3 is 2.17 bits per heavy atom. The smallest absolute Gasteiger partial charge is 0.373 e. The van der Waals surface area contributed by atoms with Crippen LogP contribution < -0.4 is 15.8 Å². The summed E-state index contributed by atoms with van der Waals surface area (Å²) in [6, 6.07) is 5.24. The van der Waals surface area contributed by atoms with E-state index in [1.165, 1.54) is 37.3 Å². The van der Waals surface area contributed by atoms with Crippen molar-refractivity contribution in [3.05, 3.63) is 75.7 Å². The van der Waals surface area contributed by atoms with Crippen molar-refractivity contribution in [2.24, 2.45) is 7.05 Å². The van der Waals surface area contributed by atoms with Gasteiger partial charge in [-0.05, 0) is 29.3 Å². The van der Waals surface area contributed by atoms with E-state index in [0.29, 0.717) is 11.1 Å². The number of nitrogens with zero attached hydrogens (tertiary/aromatic N) is 2. The molecule has 1 aromatic carbocycles. The minimum absolute atomic E-state index is 0.112. The normalized spacial score (nSPS) is 14.7. The minimum Gasteiger partial charge on any atom is -0.373 e. The van der Waals surface area contributed by atoms with Crippen molar-refractivity contribution in [1.82, 2.24) is 4.57 Å². The fourth-order valence-corrected chi connectivity index (χ4v) is 3.19. The van der Waals surface area contributed by atoms with Gasteiger partial charge in [-0.3, -0.25) is 9.36 Å². The van der Waals surface area contributed by atoms with E-state index in [9.17, 15) is 31.1 Å². The highest BCUT2D eigenvalue weighted by Gasteiger charge is 2.36. The zero-order chi connectivity index (χ0) is 22.3. The molecule has 0 fully saturated rings. The van der Waals surface area contributed by atoms with Crippen LogP contribution in [0.15, 0.2) is 53.5 Å². The monoisotopic (exact) mass is 429 g/mol. The van der Waals surface area contributed by atoms with E-state index < -0.39 is 29.0 Å². The van der Waals surface area contributed by atoms with Gasteiger partial charge in [-0.15, -0.1) is 0 Å². The van der Waals surface area contributed by atoms with Crippen LogP contribution in [0.5, 0.6) is 0 Å². The Morgan fingerprint density at radius 1 is 1.00 bits per heavy atom. The van der Waals surface area contributed by atoms with Gasteiger partial charge in [0.25, 0.3) is 5.56 Å². The number of benzene rings is 1. The van der Waals surface area contributed by atoms with Crippen molar-refractivity contribution in [3.8, 4) is 0 Å². The molecule has 2 aromatic rings. The predicted octanol–water partition coefficient (Wildman–Crippen LogP) is 4.88. The van der Waals surface area contributed by atoms with Gasteiger partial charge in [0.1, 0.15) is 11.4 Å². The molecule has 10 heteroatoms. The van der Waals surface area contributed by atoms with Crippen molar-refractivity contribution in [3.63, 3.8) is 0 Å². The summed E-state index contributed by atoms with van der Waals surface area (Å²) in [4.78, 5) is 13.6. The van der Waals surface area contributed by atoms with Gasteiger partial charge >= 0.3 is 12.4 Å². The lowest BCUT2D eigenvalue weighted by atomic mass is 10.0. The van der Waals surface area contributed by atoms with E-state index in [1.807, 2.05) is 0 Å². The number of hydrogen-bond acceptors (Lipinski definition) is 3. The Bertz CT molecular complexity index is 1060. The molecular formula is C20H17F6N3O. The summed E-state index contributed by atoms with van der Waals surface area (Å²) in [5, 5.41) is 2.73. The molecule has 0 atom stereocenters. The molecule has 2 heterocycles. The van der Waals surface area contributed by atoms with Crippen LogP contribution in [0.3, 0.4) is 0 Å². The number of rotatable bonds is 3. The minimum atomic E-state index is -4.83. The van der Waals surface area contributed by atoms with Gasteiger partial charge < -0.3 is 10.2 Å². The zero-order valence-electron chi connectivity index (χ0n) is 15.9. The van der Waals surface area contributed by atoms with Crippen LogP contribution in [-0.4, -0.2) is 18.2 Å². The van der Waals surface area contributed by atoms with Crippen LogP contribution in [0.2, 0.25) is 0 Å². The van der Waals surface area contributed by atoms with Crippen LogP contribution in [0.25, 0.3) is 5.57 Å². The predicted molar refractivity (Wildman–Crippen MR) is 102 cm³/mol. The van der Waals surface area contributed by atoms with Crippen molar-refractivity contribution in [2.75, 3.05) is 23.8 Å². The van der Waals surface area contributed by atoms with Gasteiger partial charge in [-0.2, -0.15) is 26.3 Å². The first-order chi connectivity index (χ1) is 13.9. The van der Waals surface area contributed by atoms with E-state index in [-0.39, 0.29) is 18.1 Å². The second-order valence-corrected chi connectivity index (χ2v) is 6.62. The summed E-state index contributed by atoms with van der Waals surface area (Å²) in [7, 11) is 2.71. The number of hydrogen-bond donors (Lipinski definition) is 1. The number of allylic oxidation sites excluding steroid dienone is 2. The van der Waals surface area contributed by atoms with Gasteiger partial charge in [0.15, 0.2) is 0 Å².